The molecule has 2 atom stereocenters. The smallest absolute Gasteiger partial charge is 0.340 e. The monoisotopic (exact) mass is 430 g/mol. The van der Waals surface area contributed by atoms with Gasteiger partial charge in [0.05, 0.1) is 30.5 Å². The fraction of sp³-hybridized carbons (Fsp3) is 0.286. The molecule has 0 aliphatic carbocycles. The maximum atomic E-state index is 13.1. The van der Waals surface area contributed by atoms with Gasteiger partial charge in [-0.3, -0.25) is 14.5 Å². The Kier molecular flexibility index (Phi) is 5.26. The van der Waals surface area contributed by atoms with Crippen LogP contribution in [0, 0.1) is 0 Å². The van der Waals surface area contributed by atoms with Crippen molar-refractivity contribution < 1.29 is 28.6 Å². The fourth-order valence-electron chi connectivity index (χ4n) is 3.76. The number of cyclic esters (lactones) is 1. The summed E-state index contributed by atoms with van der Waals surface area (Å²) in [6.07, 6.45) is -0.456. The van der Waals surface area contributed by atoms with Crippen LogP contribution in [0.25, 0.3) is 0 Å². The lowest BCUT2D eigenvalue weighted by Crippen LogP contribution is -2.43. The number of carbonyl (C=O) groups excluding carboxylic acids is 3. The second-order valence-electron chi connectivity index (χ2n) is 6.88. The number of halogens is 1. The molecule has 9 heteroatoms. The number of hydrogen-bond acceptors (Lipinski definition) is 6. The summed E-state index contributed by atoms with van der Waals surface area (Å²) in [6, 6.07) is 9.10. The van der Waals surface area contributed by atoms with Crippen molar-refractivity contribution in [3.05, 3.63) is 52.5 Å². The highest BCUT2D eigenvalue weighted by atomic mass is 35.5. The van der Waals surface area contributed by atoms with E-state index in [1.165, 1.54) is 25.2 Å². The number of likely N-dealkylation sites (tertiary alicyclic amines) is 1. The first-order chi connectivity index (χ1) is 14.4. The Labute approximate surface area is 177 Å². The molecule has 0 radical (unpaired) electrons. The Hall–Kier alpha value is -3.26. The first-order valence-corrected chi connectivity index (χ1v) is 9.66. The summed E-state index contributed by atoms with van der Waals surface area (Å²) in [5, 5.41) is 3.06. The van der Waals surface area contributed by atoms with E-state index in [4.69, 9.17) is 25.8 Å². The molecule has 1 saturated heterocycles. The van der Waals surface area contributed by atoms with E-state index in [1.807, 2.05) is 0 Å². The molecule has 0 saturated carbocycles. The minimum Gasteiger partial charge on any atom is -0.495 e. The van der Waals surface area contributed by atoms with Gasteiger partial charge >= 0.3 is 5.97 Å². The van der Waals surface area contributed by atoms with Gasteiger partial charge in [-0.2, -0.15) is 0 Å². The van der Waals surface area contributed by atoms with Crippen molar-refractivity contribution in [2.45, 2.75) is 25.1 Å². The lowest BCUT2D eigenvalue weighted by atomic mass is 10.1. The van der Waals surface area contributed by atoms with E-state index >= 15 is 0 Å². The molecule has 156 valence electrons. The van der Waals surface area contributed by atoms with Crippen LogP contribution in [0.5, 0.6) is 11.5 Å². The number of esters is 1. The number of anilines is 1. The van der Waals surface area contributed by atoms with Gasteiger partial charge in [-0.1, -0.05) is 29.8 Å². The molecule has 0 bridgehead atoms. The summed E-state index contributed by atoms with van der Waals surface area (Å²) >= 11 is 6.18. The molecule has 8 nitrogen and oxygen atoms in total. The van der Waals surface area contributed by atoms with E-state index in [1.54, 1.807) is 30.3 Å². The van der Waals surface area contributed by atoms with Gasteiger partial charge in [0.2, 0.25) is 18.0 Å². The van der Waals surface area contributed by atoms with Crippen LogP contribution in [0.15, 0.2) is 36.4 Å². The number of hydrogen-bond donors (Lipinski definition) is 1. The normalized spacial score (nSPS) is 20.0. The Morgan fingerprint density at radius 2 is 1.90 bits per heavy atom. The molecule has 2 aliphatic rings. The van der Waals surface area contributed by atoms with Crippen molar-refractivity contribution in [3.63, 3.8) is 0 Å². The molecule has 0 aromatic heterocycles. The van der Waals surface area contributed by atoms with Crippen molar-refractivity contribution in [2.75, 3.05) is 19.5 Å². The van der Waals surface area contributed by atoms with E-state index in [-0.39, 0.29) is 12.3 Å². The van der Waals surface area contributed by atoms with Crippen LogP contribution >= 0.6 is 11.6 Å². The topological polar surface area (TPSA) is 94.2 Å². The predicted octanol–water partition coefficient (Wildman–Crippen LogP) is 3.16. The minimum atomic E-state index is -0.930. The summed E-state index contributed by atoms with van der Waals surface area (Å²) in [4.78, 5) is 39.2. The molecular formula is C21H19ClN2O6. The summed E-state index contributed by atoms with van der Waals surface area (Å²) in [7, 11) is 2.93. The third-order valence-corrected chi connectivity index (χ3v) is 5.50. The number of carbonyl (C=O) groups is 3. The van der Waals surface area contributed by atoms with Crippen LogP contribution in [-0.2, 0) is 14.3 Å². The average Bonchev–Trinajstić information content (AvgIpc) is 3.28. The second-order valence-corrected chi connectivity index (χ2v) is 7.28. The molecule has 1 fully saturated rings. The maximum Gasteiger partial charge on any atom is 0.340 e. The summed E-state index contributed by atoms with van der Waals surface area (Å²) < 4.78 is 15.9. The van der Waals surface area contributed by atoms with Crippen molar-refractivity contribution in [2.24, 2.45) is 0 Å². The summed E-state index contributed by atoms with van der Waals surface area (Å²) in [5.74, 6) is -0.444. The van der Waals surface area contributed by atoms with Gasteiger partial charge in [-0.05, 0) is 18.6 Å². The number of ether oxygens (including phenoxy) is 3. The van der Waals surface area contributed by atoms with Crippen LogP contribution in [0.3, 0.4) is 0 Å². The van der Waals surface area contributed by atoms with Gasteiger partial charge in [0, 0.05) is 18.1 Å². The Morgan fingerprint density at radius 1 is 1.17 bits per heavy atom. The zero-order valence-corrected chi connectivity index (χ0v) is 17.1. The molecule has 4 rings (SSSR count). The maximum absolute atomic E-state index is 13.1. The molecule has 2 aromatic carbocycles. The van der Waals surface area contributed by atoms with Crippen molar-refractivity contribution >= 4 is 35.1 Å². The largest absolute Gasteiger partial charge is 0.495 e. The van der Waals surface area contributed by atoms with Crippen molar-refractivity contribution in [3.8, 4) is 11.5 Å². The highest BCUT2D eigenvalue weighted by Gasteiger charge is 2.46. The quantitative estimate of drug-likeness (QED) is 0.732. The van der Waals surface area contributed by atoms with E-state index in [0.29, 0.717) is 39.8 Å². The lowest BCUT2D eigenvalue weighted by Gasteiger charge is -2.29. The van der Waals surface area contributed by atoms with Crippen LogP contribution in [0.4, 0.5) is 5.69 Å². The number of methoxy groups -OCH3 is 2. The molecule has 30 heavy (non-hydrogen) atoms. The first-order valence-electron chi connectivity index (χ1n) is 9.28. The highest BCUT2D eigenvalue weighted by molar-refractivity contribution is 6.32. The number of nitrogens with zero attached hydrogens (tertiary/aromatic N) is 1. The molecule has 2 amide bonds. The zero-order chi connectivity index (χ0) is 21.4. The third kappa shape index (κ3) is 3.33. The van der Waals surface area contributed by atoms with Crippen LogP contribution in [0.1, 0.15) is 35.0 Å². The molecule has 2 aromatic rings. The number of nitrogens with one attached hydrogen (secondary N) is 1. The number of benzene rings is 2. The predicted molar refractivity (Wildman–Crippen MR) is 108 cm³/mol. The van der Waals surface area contributed by atoms with E-state index in [0.717, 1.165) is 0 Å². The van der Waals surface area contributed by atoms with Gasteiger partial charge in [0.1, 0.15) is 17.5 Å². The standard InChI is InChI=1S/C21H19ClN2O6/c1-28-16-10-17(29-2)14(9-13(16)22)23-19(26)15-7-8-18(25)24(15)20-11-5-3-4-6-12(11)21(27)30-20/h3-6,9-10,15,20H,7-8H2,1-2H3,(H,23,26). The first kappa shape index (κ1) is 20.0. The van der Waals surface area contributed by atoms with Gasteiger partial charge in [0.25, 0.3) is 0 Å². The lowest BCUT2D eigenvalue weighted by molar-refractivity contribution is -0.144. The molecule has 2 unspecified atom stereocenters. The summed E-state index contributed by atoms with van der Waals surface area (Å²) in [6.45, 7) is 0. The Balaban J connectivity index is 1.61. The second kappa shape index (κ2) is 7.87. The van der Waals surface area contributed by atoms with Gasteiger partial charge in [0.15, 0.2) is 0 Å². The third-order valence-electron chi connectivity index (χ3n) is 5.21. The van der Waals surface area contributed by atoms with E-state index in [2.05, 4.69) is 5.32 Å². The minimum absolute atomic E-state index is 0.175. The molecular weight excluding hydrogens is 412 g/mol. The fourth-order valence-corrected chi connectivity index (χ4v) is 4.00. The number of rotatable bonds is 5. The van der Waals surface area contributed by atoms with Crippen LogP contribution in [0.2, 0.25) is 5.02 Å². The molecule has 2 aliphatic heterocycles. The van der Waals surface area contributed by atoms with Crippen molar-refractivity contribution in [1.82, 2.24) is 4.90 Å². The highest BCUT2D eigenvalue weighted by Crippen LogP contribution is 2.40. The van der Waals surface area contributed by atoms with Crippen LogP contribution < -0.4 is 14.8 Å². The summed E-state index contributed by atoms with van der Waals surface area (Å²) in [5.41, 5.74) is 1.31. The van der Waals surface area contributed by atoms with Crippen LogP contribution in [-0.4, -0.2) is 42.9 Å². The molecule has 1 N–H and O–H groups in total. The van der Waals surface area contributed by atoms with Crippen molar-refractivity contribution in [1.29, 1.82) is 0 Å². The van der Waals surface area contributed by atoms with E-state index < -0.39 is 24.1 Å². The SMILES string of the molecule is COc1cc(OC)c(NC(=O)C2CCC(=O)N2C2OC(=O)c3ccccc32)cc1Cl. The molecule has 0 spiro atoms. The molecule has 2 heterocycles. The Bertz CT molecular complexity index is 1040. The zero-order valence-electron chi connectivity index (χ0n) is 16.3. The number of fused-ring (bicyclic) bond motifs is 1. The Morgan fingerprint density at radius 3 is 2.63 bits per heavy atom. The van der Waals surface area contributed by atoms with Gasteiger partial charge in [-0.25, -0.2) is 4.79 Å². The number of amides is 2. The van der Waals surface area contributed by atoms with Gasteiger partial charge < -0.3 is 19.5 Å². The van der Waals surface area contributed by atoms with Gasteiger partial charge in [-0.15, -0.1) is 0 Å². The van der Waals surface area contributed by atoms with E-state index in [9.17, 15) is 14.4 Å². The average molecular weight is 431 g/mol.